The third-order valence-electron chi connectivity index (χ3n) is 6.22. The first-order valence-corrected chi connectivity index (χ1v) is 12.4. The fraction of sp³-hybridized carbons (Fsp3) is 0.429. The minimum atomic E-state index is -4.27. The van der Waals surface area contributed by atoms with Crippen LogP contribution in [0.1, 0.15) is 31.2 Å². The van der Waals surface area contributed by atoms with Crippen molar-refractivity contribution in [3.05, 3.63) is 58.0 Å². The zero-order valence-electron chi connectivity index (χ0n) is 18.8. The van der Waals surface area contributed by atoms with Crippen molar-refractivity contribution in [1.82, 2.24) is 14.5 Å². The van der Waals surface area contributed by atoms with E-state index >= 15 is 0 Å². The van der Waals surface area contributed by atoms with Gasteiger partial charge in [0, 0.05) is 18.2 Å². The van der Waals surface area contributed by atoms with E-state index in [2.05, 4.69) is 9.97 Å². The minimum Gasteiger partial charge on any atom is -0.387 e. The lowest BCUT2D eigenvalue weighted by molar-refractivity contribution is -0.0950. The van der Waals surface area contributed by atoms with Crippen LogP contribution in [0.3, 0.4) is 0 Å². The molecule has 1 aromatic carbocycles. The lowest BCUT2D eigenvalue weighted by Crippen LogP contribution is -2.44. The highest BCUT2D eigenvalue weighted by Crippen LogP contribution is 2.57. The third kappa shape index (κ3) is 4.24. The van der Waals surface area contributed by atoms with Gasteiger partial charge in [-0.2, -0.15) is 4.98 Å². The third-order valence-corrected chi connectivity index (χ3v) is 7.69. The second-order valence-electron chi connectivity index (χ2n) is 8.71. The van der Waals surface area contributed by atoms with Gasteiger partial charge in [-0.15, -0.1) is 0 Å². The van der Waals surface area contributed by atoms with Gasteiger partial charge >= 0.3 is 7.82 Å². The predicted octanol–water partition coefficient (Wildman–Crippen LogP) is 1.90. The Morgan fingerprint density at radius 3 is 2.94 bits per heavy atom. The monoisotopic (exact) mass is 528 g/mol. The van der Waals surface area contributed by atoms with Crippen molar-refractivity contribution in [2.75, 3.05) is 18.9 Å². The maximum Gasteiger partial charge on any atom is 0.475 e. The van der Waals surface area contributed by atoms with E-state index in [-0.39, 0.29) is 35.6 Å². The fourth-order valence-electron chi connectivity index (χ4n) is 4.35. The smallest absolute Gasteiger partial charge is 0.387 e. The molecule has 2 fully saturated rings. The summed E-state index contributed by atoms with van der Waals surface area (Å²) >= 11 is 0. The quantitative estimate of drug-likeness (QED) is 0.359. The zero-order valence-corrected chi connectivity index (χ0v) is 19.7. The first kappa shape index (κ1) is 25.0. The van der Waals surface area contributed by atoms with Crippen molar-refractivity contribution in [3.8, 4) is 0 Å². The number of aliphatic hydroxyl groups is 2. The molecule has 3 aromatic rings. The van der Waals surface area contributed by atoms with E-state index in [1.54, 1.807) is 0 Å². The van der Waals surface area contributed by atoms with E-state index in [1.165, 1.54) is 35.9 Å². The molecule has 5 N–H and O–H groups in total. The summed E-state index contributed by atoms with van der Waals surface area (Å²) in [5.41, 5.74) is 3.22. The number of nitrogens with zero attached hydrogens (tertiary/aromatic N) is 2. The second-order valence-corrected chi connectivity index (χ2v) is 10.3. The molecule has 5 rings (SSSR count). The number of aromatic amines is 1. The Balaban J connectivity index is 1.33. The molecule has 2 saturated heterocycles. The van der Waals surface area contributed by atoms with Crippen molar-refractivity contribution in [3.63, 3.8) is 0 Å². The Morgan fingerprint density at radius 1 is 1.39 bits per heavy atom. The number of benzene rings is 1. The largest absolute Gasteiger partial charge is 0.475 e. The van der Waals surface area contributed by atoms with Gasteiger partial charge in [-0.05, 0) is 19.1 Å². The molecule has 2 aliphatic heterocycles. The van der Waals surface area contributed by atoms with Gasteiger partial charge in [-0.1, -0.05) is 12.1 Å². The molecule has 0 saturated carbocycles. The van der Waals surface area contributed by atoms with Gasteiger partial charge in [0.2, 0.25) is 5.95 Å². The van der Waals surface area contributed by atoms with Gasteiger partial charge in [0.1, 0.15) is 17.8 Å². The number of nitrogens with one attached hydrogen (secondary N) is 1. The fourth-order valence-corrected chi connectivity index (χ4v) is 5.74. The first-order valence-electron chi connectivity index (χ1n) is 10.9. The number of aromatic nitrogens is 3. The number of nitrogen functional groups attached to an aromatic ring is 1. The van der Waals surface area contributed by atoms with Crippen LogP contribution in [0.2, 0.25) is 0 Å². The average molecular weight is 528 g/mol. The van der Waals surface area contributed by atoms with Crippen LogP contribution in [0, 0.1) is 11.6 Å². The molecule has 0 radical (unpaired) electrons. The highest BCUT2D eigenvalue weighted by molar-refractivity contribution is 7.48. The van der Waals surface area contributed by atoms with Crippen LogP contribution in [0.25, 0.3) is 11.0 Å². The average Bonchev–Trinajstić information content (AvgIpc) is 3.33. The Labute approximate surface area is 202 Å². The molecule has 0 spiro atoms. The van der Waals surface area contributed by atoms with Crippen LogP contribution < -0.4 is 11.3 Å². The molecular weight excluding hydrogens is 505 g/mol. The van der Waals surface area contributed by atoms with Crippen molar-refractivity contribution in [2.24, 2.45) is 0 Å². The van der Waals surface area contributed by atoms with E-state index in [0.29, 0.717) is 0 Å². The first-order chi connectivity index (χ1) is 17.0. The molecule has 4 heterocycles. The lowest BCUT2D eigenvalue weighted by Gasteiger charge is -2.30. The number of aliphatic hydroxyl groups excluding tert-OH is 1. The molecule has 2 aliphatic rings. The molecular formula is C21H23F2N4O8P. The minimum absolute atomic E-state index is 0.100. The SMILES string of the molecule is C[C@@]1(O)[C@H](O)[C@@H](COP2(=O)OCC[C@H](c3cccc(F)c3F)O2)O[C@H]1n1ccc2c(=O)[nH]c(N)nc21. The van der Waals surface area contributed by atoms with Crippen molar-refractivity contribution in [2.45, 2.75) is 43.5 Å². The zero-order chi connectivity index (χ0) is 25.8. The molecule has 15 heteroatoms. The number of phosphoric ester groups is 1. The van der Waals surface area contributed by atoms with Crippen molar-refractivity contribution < 1.29 is 41.9 Å². The molecule has 0 bridgehead atoms. The van der Waals surface area contributed by atoms with Crippen LogP contribution in [0.4, 0.5) is 14.7 Å². The van der Waals surface area contributed by atoms with E-state index in [1.807, 2.05) is 0 Å². The summed E-state index contributed by atoms with van der Waals surface area (Å²) in [6.45, 7) is 0.644. The number of nitrogens with two attached hydrogens (primary N) is 1. The number of anilines is 1. The lowest BCUT2D eigenvalue weighted by atomic mass is 9.96. The molecule has 1 unspecified atom stereocenters. The number of ether oxygens (including phenoxy) is 1. The number of hydrogen-bond acceptors (Lipinski definition) is 10. The molecule has 12 nitrogen and oxygen atoms in total. The normalized spacial score (nSPS) is 32.8. The Morgan fingerprint density at radius 2 is 2.17 bits per heavy atom. The van der Waals surface area contributed by atoms with Crippen LogP contribution in [-0.4, -0.2) is 55.8 Å². The van der Waals surface area contributed by atoms with Gasteiger partial charge in [0.05, 0.1) is 24.7 Å². The number of hydrogen-bond donors (Lipinski definition) is 4. The van der Waals surface area contributed by atoms with Gasteiger partial charge < -0.3 is 25.3 Å². The van der Waals surface area contributed by atoms with Crippen LogP contribution in [0.5, 0.6) is 0 Å². The maximum absolute atomic E-state index is 14.2. The van der Waals surface area contributed by atoms with E-state index in [9.17, 15) is 28.4 Å². The van der Waals surface area contributed by atoms with Gasteiger partial charge in [0.25, 0.3) is 5.56 Å². The highest BCUT2D eigenvalue weighted by Gasteiger charge is 2.54. The Hall–Kier alpha value is -2.71. The summed E-state index contributed by atoms with van der Waals surface area (Å²) in [4.78, 5) is 18.6. The van der Waals surface area contributed by atoms with Crippen LogP contribution in [0.15, 0.2) is 35.3 Å². The number of H-pyrrole nitrogens is 1. The summed E-state index contributed by atoms with van der Waals surface area (Å²) in [5, 5.41) is 21.9. The van der Waals surface area contributed by atoms with Gasteiger partial charge in [-0.3, -0.25) is 23.3 Å². The van der Waals surface area contributed by atoms with E-state index in [0.717, 1.165) is 6.07 Å². The molecule has 6 atom stereocenters. The number of halogens is 2. The van der Waals surface area contributed by atoms with Crippen molar-refractivity contribution >= 4 is 24.8 Å². The number of rotatable bonds is 5. The highest BCUT2D eigenvalue weighted by atomic mass is 31.2. The predicted molar refractivity (Wildman–Crippen MR) is 120 cm³/mol. The van der Waals surface area contributed by atoms with Crippen molar-refractivity contribution in [1.29, 1.82) is 0 Å². The number of fused-ring (bicyclic) bond motifs is 1. The molecule has 0 aliphatic carbocycles. The summed E-state index contributed by atoms with van der Waals surface area (Å²) in [6.07, 6.45) is -3.53. The Kier molecular flexibility index (Phi) is 6.24. The summed E-state index contributed by atoms with van der Waals surface area (Å²) in [7, 11) is -4.27. The van der Waals surface area contributed by atoms with Gasteiger partial charge in [0.15, 0.2) is 23.5 Å². The maximum atomic E-state index is 14.2. The van der Waals surface area contributed by atoms with Gasteiger partial charge in [-0.25, -0.2) is 13.3 Å². The molecule has 194 valence electrons. The van der Waals surface area contributed by atoms with E-state index < -0.39 is 61.8 Å². The topological polar surface area (TPSA) is 171 Å². The Bertz CT molecular complexity index is 1410. The van der Waals surface area contributed by atoms with Crippen LogP contribution in [-0.2, 0) is 22.9 Å². The second kappa shape index (κ2) is 8.99. The molecule has 2 aromatic heterocycles. The summed E-state index contributed by atoms with van der Waals surface area (Å²) < 4.78 is 63.9. The summed E-state index contributed by atoms with van der Waals surface area (Å²) in [6, 6.07) is 5.00. The standard InChI is InChI=1S/C21H23F2N4O8P/c1-21(30)16(28)14(34-19(21)27-7-5-11-17(27)25-20(24)26-18(11)29)9-33-36(31)32-8-6-13(35-36)10-3-2-4-12(22)15(10)23/h2-5,7,13-14,16,19,28,30H,6,8-9H2,1H3,(H3,24,25,26,29)/t13-,14-,16-,19-,21-,36?/m1/s1. The molecule has 0 amide bonds. The summed E-state index contributed by atoms with van der Waals surface area (Å²) in [5.74, 6) is -2.36. The van der Waals surface area contributed by atoms with E-state index in [4.69, 9.17) is 24.0 Å². The molecule has 36 heavy (non-hydrogen) atoms. The number of phosphoric acid groups is 1. The van der Waals surface area contributed by atoms with Crippen LogP contribution >= 0.6 is 7.82 Å².